The molecule has 1 amide bonds. The zero-order valence-corrected chi connectivity index (χ0v) is 11.2. The number of hydrogen-bond donors (Lipinski definition) is 1. The van der Waals surface area contributed by atoms with Gasteiger partial charge in [-0.2, -0.15) is 0 Å². The number of ether oxygens (including phenoxy) is 1. The van der Waals surface area contributed by atoms with Gasteiger partial charge in [-0.3, -0.25) is 0 Å². The van der Waals surface area contributed by atoms with Gasteiger partial charge in [0.05, 0.1) is 0 Å². The molecule has 5 heteroatoms. The van der Waals surface area contributed by atoms with E-state index in [0.717, 1.165) is 5.56 Å². The zero-order chi connectivity index (χ0) is 13.1. The molecular weight excluding hydrogens is 240 g/mol. The minimum absolute atomic E-state index is 0.310. The van der Waals surface area contributed by atoms with Crippen LogP contribution in [0.4, 0.5) is 4.79 Å². The highest BCUT2D eigenvalue weighted by atomic mass is 35.5. The number of aromatic nitrogens is 1. The van der Waals surface area contributed by atoms with Crippen molar-refractivity contribution in [2.24, 2.45) is 0 Å². The van der Waals surface area contributed by atoms with Crippen molar-refractivity contribution in [2.45, 2.75) is 39.3 Å². The van der Waals surface area contributed by atoms with Crippen LogP contribution in [0.5, 0.6) is 0 Å². The second-order valence-corrected chi connectivity index (χ2v) is 5.22. The van der Waals surface area contributed by atoms with E-state index in [4.69, 9.17) is 16.3 Å². The van der Waals surface area contributed by atoms with E-state index in [1.165, 1.54) is 0 Å². The highest BCUT2D eigenvalue weighted by Gasteiger charge is 2.17. The first-order valence-corrected chi connectivity index (χ1v) is 5.76. The van der Waals surface area contributed by atoms with Crippen molar-refractivity contribution in [3.8, 4) is 0 Å². The third-order valence-electron chi connectivity index (χ3n) is 1.98. The molecular formula is C12H17ClN2O2. The molecule has 1 aromatic heterocycles. The summed E-state index contributed by atoms with van der Waals surface area (Å²) in [4.78, 5) is 15.5. The Morgan fingerprint density at radius 2 is 2.12 bits per heavy atom. The number of amides is 1. The number of alkyl carbamates (subject to hydrolysis) is 1. The lowest BCUT2D eigenvalue weighted by atomic mass is 10.1. The van der Waals surface area contributed by atoms with Gasteiger partial charge in [-0.25, -0.2) is 9.78 Å². The van der Waals surface area contributed by atoms with Crippen LogP contribution in [-0.4, -0.2) is 16.6 Å². The first kappa shape index (κ1) is 13.8. The Labute approximate surface area is 106 Å². The molecule has 0 aliphatic heterocycles. The molecule has 1 rings (SSSR count). The second kappa shape index (κ2) is 5.36. The van der Waals surface area contributed by atoms with Gasteiger partial charge in [-0.1, -0.05) is 17.7 Å². The van der Waals surface area contributed by atoms with E-state index in [0.29, 0.717) is 5.15 Å². The second-order valence-electron chi connectivity index (χ2n) is 4.84. The first-order valence-electron chi connectivity index (χ1n) is 5.38. The summed E-state index contributed by atoms with van der Waals surface area (Å²) in [5.74, 6) is 0. The Hall–Kier alpha value is -1.29. The summed E-state index contributed by atoms with van der Waals surface area (Å²) in [5.41, 5.74) is 0.494. The van der Waals surface area contributed by atoms with E-state index in [2.05, 4.69) is 10.3 Å². The predicted molar refractivity (Wildman–Crippen MR) is 67.0 cm³/mol. The molecule has 1 heterocycles. The fourth-order valence-corrected chi connectivity index (χ4v) is 1.30. The minimum Gasteiger partial charge on any atom is -0.442 e. The van der Waals surface area contributed by atoms with Gasteiger partial charge >= 0.3 is 6.09 Å². The van der Waals surface area contributed by atoms with E-state index in [1.54, 1.807) is 25.3 Å². The van der Waals surface area contributed by atoms with Crippen LogP contribution in [0.2, 0.25) is 5.15 Å². The average molecular weight is 257 g/mol. The summed E-state index contributed by atoms with van der Waals surface area (Å²) < 4.78 is 5.22. The van der Waals surface area contributed by atoms with Gasteiger partial charge in [0.2, 0.25) is 0 Å². The Bertz CT molecular complexity index is 384. The third kappa shape index (κ3) is 5.04. The van der Waals surface area contributed by atoms with Crippen LogP contribution in [0.3, 0.4) is 0 Å². The molecule has 4 nitrogen and oxygen atoms in total. The van der Waals surface area contributed by atoms with E-state index >= 15 is 0 Å². The van der Waals surface area contributed by atoms with E-state index in [9.17, 15) is 4.79 Å². The van der Waals surface area contributed by atoms with Crippen molar-refractivity contribution in [1.82, 2.24) is 10.3 Å². The fraction of sp³-hybridized carbons (Fsp3) is 0.500. The molecule has 0 radical (unpaired) electrons. The van der Waals surface area contributed by atoms with Crippen LogP contribution in [0.25, 0.3) is 0 Å². The molecule has 0 saturated carbocycles. The van der Waals surface area contributed by atoms with E-state index in [1.807, 2.05) is 20.8 Å². The van der Waals surface area contributed by atoms with Crippen LogP contribution in [0.1, 0.15) is 39.4 Å². The Morgan fingerprint density at radius 3 is 2.59 bits per heavy atom. The van der Waals surface area contributed by atoms with Gasteiger partial charge in [0.25, 0.3) is 0 Å². The van der Waals surface area contributed by atoms with Gasteiger partial charge in [0.1, 0.15) is 11.3 Å². The number of nitrogens with zero attached hydrogens (tertiary/aromatic N) is 1. The maximum Gasteiger partial charge on any atom is 0.408 e. The zero-order valence-electron chi connectivity index (χ0n) is 10.5. The number of rotatable bonds is 2. The van der Waals surface area contributed by atoms with Crippen LogP contribution >= 0.6 is 11.6 Å². The minimum atomic E-state index is -0.444. The molecule has 1 N–H and O–H groups in total. The molecule has 1 atom stereocenters. The summed E-state index contributed by atoms with van der Waals surface area (Å²) in [6.45, 7) is 7.46. The average Bonchev–Trinajstić information content (AvgIpc) is 2.15. The Balaban J connectivity index is 2.57. The lowest BCUT2D eigenvalue weighted by molar-refractivity contribution is 0.0999. The topological polar surface area (TPSA) is 51.2 Å². The van der Waals surface area contributed by atoms with Crippen LogP contribution in [0, 0.1) is 0 Å². The van der Waals surface area contributed by atoms with Gasteiger partial charge in [0.15, 0.2) is 0 Å². The summed E-state index contributed by atoms with van der Waals surface area (Å²) in [5, 5.41) is 3.14. The van der Waals surface area contributed by atoms with Gasteiger partial charge in [-0.05, 0) is 33.8 Å². The van der Waals surface area contributed by atoms with Crippen molar-refractivity contribution in [2.75, 3.05) is 0 Å². The van der Waals surface area contributed by atoms with Crippen molar-refractivity contribution >= 4 is 17.7 Å². The standard InChI is InChI=1S/C12H17ClN2O2/c1-8(9-5-6-10(13)14-7-9)17-11(16)15-12(2,3)4/h5-8H,1-4H3,(H,15,16). The summed E-state index contributed by atoms with van der Waals surface area (Å²) >= 11 is 5.68. The molecule has 0 saturated heterocycles. The monoisotopic (exact) mass is 256 g/mol. The predicted octanol–water partition coefficient (Wildman–Crippen LogP) is 3.32. The smallest absolute Gasteiger partial charge is 0.408 e. The number of hydrogen-bond acceptors (Lipinski definition) is 3. The van der Waals surface area contributed by atoms with Gasteiger partial charge in [-0.15, -0.1) is 0 Å². The quantitative estimate of drug-likeness (QED) is 0.826. The fourth-order valence-electron chi connectivity index (χ4n) is 1.19. The molecule has 0 bridgehead atoms. The maximum absolute atomic E-state index is 11.5. The van der Waals surface area contributed by atoms with Crippen molar-refractivity contribution in [3.05, 3.63) is 29.0 Å². The van der Waals surface area contributed by atoms with E-state index < -0.39 is 6.09 Å². The van der Waals surface area contributed by atoms with Gasteiger partial charge in [0, 0.05) is 17.3 Å². The summed E-state index contributed by atoms with van der Waals surface area (Å²) in [6.07, 6.45) is 0.791. The maximum atomic E-state index is 11.5. The molecule has 0 spiro atoms. The molecule has 1 unspecified atom stereocenters. The number of halogens is 1. The first-order chi connectivity index (χ1) is 7.78. The van der Waals surface area contributed by atoms with Crippen molar-refractivity contribution < 1.29 is 9.53 Å². The van der Waals surface area contributed by atoms with E-state index in [-0.39, 0.29) is 11.6 Å². The summed E-state index contributed by atoms with van der Waals surface area (Å²) in [7, 11) is 0. The highest BCUT2D eigenvalue weighted by Crippen LogP contribution is 2.17. The lowest BCUT2D eigenvalue weighted by Gasteiger charge is -2.22. The number of carbonyl (C=O) groups is 1. The van der Waals surface area contributed by atoms with Crippen LogP contribution in [-0.2, 0) is 4.74 Å². The molecule has 0 aliphatic carbocycles. The number of carbonyl (C=O) groups excluding carboxylic acids is 1. The molecule has 1 aromatic rings. The third-order valence-corrected chi connectivity index (χ3v) is 2.20. The molecule has 0 aliphatic rings. The van der Waals surface area contributed by atoms with Crippen molar-refractivity contribution in [1.29, 1.82) is 0 Å². The number of pyridine rings is 1. The van der Waals surface area contributed by atoms with Crippen molar-refractivity contribution in [3.63, 3.8) is 0 Å². The van der Waals surface area contributed by atoms with Crippen LogP contribution < -0.4 is 5.32 Å². The van der Waals surface area contributed by atoms with Crippen LogP contribution in [0.15, 0.2) is 18.3 Å². The molecule has 0 aromatic carbocycles. The lowest BCUT2D eigenvalue weighted by Crippen LogP contribution is -2.41. The number of nitrogens with one attached hydrogen (secondary N) is 1. The normalized spacial score (nSPS) is 13.0. The molecule has 17 heavy (non-hydrogen) atoms. The van der Waals surface area contributed by atoms with Gasteiger partial charge < -0.3 is 10.1 Å². The summed E-state index contributed by atoms with van der Waals surface area (Å²) in [6, 6.07) is 3.45. The highest BCUT2D eigenvalue weighted by molar-refractivity contribution is 6.29. The molecule has 94 valence electrons. The Morgan fingerprint density at radius 1 is 1.47 bits per heavy atom. The SMILES string of the molecule is CC(OC(=O)NC(C)(C)C)c1ccc(Cl)nc1. The largest absolute Gasteiger partial charge is 0.442 e. The molecule has 0 fully saturated rings. The Kier molecular flexibility index (Phi) is 4.34.